The van der Waals surface area contributed by atoms with Gasteiger partial charge in [0.15, 0.2) is 0 Å². The second kappa shape index (κ2) is 29.6. The van der Waals surface area contributed by atoms with Crippen molar-refractivity contribution in [2.24, 2.45) is 0 Å². The van der Waals surface area contributed by atoms with E-state index in [1.165, 1.54) is 0 Å². The first-order valence-electron chi connectivity index (χ1n) is 0.894. The molecule has 0 saturated heterocycles. The number of rotatable bonds is 0. The molecule has 0 unspecified atom stereocenters. The molecule has 0 amide bonds. The third-order valence-corrected chi connectivity index (χ3v) is 0. The van der Waals surface area contributed by atoms with E-state index in [1.807, 2.05) is 0 Å². The second-order valence-electron chi connectivity index (χ2n) is 0.600. The topological polar surface area (TPSA) is 270 Å². The molecule has 10 nitrogen and oxygen atoms in total. The van der Waals surface area contributed by atoms with Gasteiger partial charge in [0.1, 0.15) is 0 Å². The Morgan fingerprint density at radius 1 is 0.500 bits per heavy atom. The Morgan fingerprint density at radius 2 is 0.500 bits per heavy atom. The second-order valence-corrected chi connectivity index (χ2v) is 1.80. The first kappa shape index (κ1) is 74.0. The summed E-state index contributed by atoms with van der Waals surface area (Å²) in [5.74, 6) is 0. The monoisotopic (exact) mass is 246 g/mol. The van der Waals surface area contributed by atoms with Gasteiger partial charge in [-0.2, -0.15) is 0 Å². The van der Waals surface area contributed by atoms with Crippen molar-refractivity contribution in [2.75, 3.05) is 0 Å². The molecular weight excluding hydrogens is 228 g/mol. The molecule has 0 saturated carbocycles. The van der Waals surface area contributed by atoms with E-state index in [4.69, 9.17) is 19.2 Å². The SMILES string of the molecule is O.O.O.O.O.O.O[Si](O)(O)O.[CaH2]. The van der Waals surface area contributed by atoms with E-state index in [-0.39, 0.29) is 70.6 Å². The van der Waals surface area contributed by atoms with Crippen LogP contribution in [0.15, 0.2) is 0 Å². The summed E-state index contributed by atoms with van der Waals surface area (Å²) < 4.78 is 0. The van der Waals surface area contributed by atoms with Crippen LogP contribution in [-0.2, 0) is 0 Å². The minimum atomic E-state index is -4.61. The summed E-state index contributed by atoms with van der Waals surface area (Å²) in [6.07, 6.45) is 0. The fourth-order valence-corrected chi connectivity index (χ4v) is 0. The third-order valence-electron chi connectivity index (χ3n) is 0. The first-order chi connectivity index (χ1) is 2.00. The van der Waals surface area contributed by atoms with E-state index in [0.29, 0.717) is 0 Å². The molecule has 12 heavy (non-hydrogen) atoms. The molecular formula is H18CaO10Si. The number of hydrogen-bond donors (Lipinski definition) is 4. The van der Waals surface area contributed by atoms with Crippen molar-refractivity contribution >= 4 is 46.8 Å². The van der Waals surface area contributed by atoms with Gasteiger partial charge in [0.25, 0.3) is 0 Å². The molecule has 0 aromatic carbocycles. The Bertz CT molecular complexity index is 25.3. The van der Waals surface area contributed by atoms with Crippen LogP contribution in [0.2, 0.25) is 0 Å². The summed E-state index contributed by atoms with van der Waals surface area (Å²) >= 11 is 0. The van der Waals surface area contributed by atoms with Gasteiger partial charge in [-0.05, 0) is 0 Å². The zero-order chi connectivity index (χ0) is 4.50. The van der Waals surface area contributed by atoms with Gasteiger partial charge >= 0.3 is 46.8 Å². The van der Waals surface area contributed by atoms with E-state index in [1.54, 1.807) is 0 Å². The summed E-state index contributed by atoms with van der Waals surface area (Å²) in [4.78, 5) is 29.3. The average molecular weight is 246 g/mol. The zero-order valence-electron chi connectivity index (χ0n) is 5.29. The van der Waals surface area contributed by atoms with Crippen molar-refractivity contribution in [3.05, 3.63) is 0 Å². The molecule has 0 aliphatic carbocycles. The molecule has 0 heterocycles. The normalized spacial score (nSPS) is 5.00. The van der Waals surface area contributed by atoms with Crippen molar-refractivity contribution < 1.29 is 52.0 Å². The molecule has 0 radical (unpaired) electrons. The van der Waals surface area contributed by atoms with Gasteiger partial charge in [-0.3, -0.25) is 0 Å². The van der Waals surface area contributed by atoms with E-state index >= 15 is 0 Å². The van der Waals surface area contributed by atoms with Crippen LogP contribution >= 0.6 is 0 Å². The van der Waals surface area contributed by atoms with E-state index in [2.05, 4.69) is 0 Å². The Balaban J connectivity index is -0.00000000381. The fourth-order valence-electron chi connectivity index (χ4n) is 0. The van der Waals surface area contributed by atoms with Crippen molar-refractivity contribution in [1.82, 2.24) is 0 Å². The summed E-state index contributed by atoms with van der Waals surface area (Å²) in [6.45, 7) is 0. The molecule has 84 valence electrons. The summed E-state index contributed by atoms with van der Waals surface area (Å²) in [7, 11) is -4.61. The van der Waals surface area contributed by atoms with Gasteiger partial charge in [-0.15, -0.1) is 0 Å². The van der Waals surface area contributed by atoms with Crippen molar-refractivity contribution in [3.8, 4) is 0 Å². The molecule has 16 N–H and O–H groups in total. The molecule has 0 aliphatic rings. The van der Waals surface area contributed by atoms with Crippen LogP contribution < -0.4 is 0 Å². The minimum absolute atomic E-state index is 0. The number of hydrogen-bond acceptors (Lipinski definition) is 4. The quantitative estimate of drug-likeness (QED) is 0.303. The van der Waals surface area contributed by atoms with Crippen LogP contribution in [0.1, 0.15) is 0 Å². The zero-order valence-corrected chi connectivity index (χ0v) is 6.29. The van der Waals surface area contributed by atoms with E-state index < -0.39 is 9.05 Å². The first-order valence-corrected chi connectivity index (χ1v) is 2.68. The summed E-state index contributed by atoms with van der Waals surface area (Å²) in [5, 5.41) is 0. The maximum absolute atomic E-state index is 7.33. The molecule has 0 spiro atoms. The van der Waals surface area contributed by atoms with Crippen molar-refractivity contribution in [2.45, 2.75) is 0 Å². The molecule has 0 aromatic heterocycles. The fraction of sp³-hybridized carbons (Fsp3) is 0. The molecule has 0 aromatic rings. The van der Waals surface area contributed by atoms with Crippen LogP contribution in [0.25, 0.3) is 0 Å². The molecule has 0 atom stereocenters. The van der Waals surface area contributed by atoms with Crippen LogP contribution in [0.5, 0.6) is 0 Å². The van der Waals surface area contributed by atoms with Gasteiger partial charge < -0.3 is 52.0 Å². The Morgan fingerprint density at radius 3 is 0.500 bits per heavy atom. The summed E-state index contributed by atoms with van der Waals surface area (Å²) in [5.41, 5.74) is 0. The van der Waals surface area contributed by atoms with Crippen LogP contribution in [0.4, 0.5) is 0 Å². The van der Waals surface area contributed by atoms with Crippen molar-refractivity contribution in [1.29, 1.82) is 0 Å². The molecule has 0 rings (SSSR count). The van der Waals surface area contributed by atoms with Crippen molar-refractivity contribution in [3.63, 3.8) is 0 Å². The Labute approximate surface area is 98.4 Å². The van der Waals surface area contributed by atoms with E-state index in [9.17, 15) is 0 Å². The maximum atomic E-state index is 7.33. The molecule has 0 aliphatic heterocycles. The predicted molar refractivity (Wildman–Crippen MR) is 44.9 cm³/mol. The van der Waals surface area contributed by atoms with Gasteiger partial charge in [0.05, 0.1) is 0 Å². The molecule has 0 fully saturated rings. The van der Waals surface area contributed by atoms with Crippen LogP contribution in [0.3, 0.4) is 0 Å². The molecule has 0 bridgehead atoms. The van der Waals surface area contributed by atoms with Gasteiger partial charge in [-0.25, -0.2) is 0 Å². The van der Waals surface area contributed by atoms with Gasteiger partial charge in [-0.1, -0.05) is 0 Å². The predicted octanol–water partition coefficient (Wildman–Crippen LogP) is -8.47. The standard InChI is InChI=1S/Ca.H4O4Si.6H2O.2H/c;1-5(2,3)4;;;;;;;;/h;1-4H;6*1H2;;. The third kappa shape index (κ3) is 970. The van der Waals surface area contributed by atoms with Gasteiger partial charge in [0.2, 0.25) is 0 Å². The van der Waals surface area contributed by atoms with Gasteiger partial charge in [0, 0.05) is 0 Å². The van der Waals surface area contributed by atoms with Crippen LogP contribution in [-0.4, -0.2) is 98.8 Å². The summed E-state index contributed by atoms with van der Waals surface area (Å²) in [6, 6.07) is 0. The van der Waals surface area contributed by atoms with E-state index in [0.717, 1.165) is 0 Å². The Hall–Kier alpha value is 1.08. The van der Waals surface area contributed by atoms with Crippen LogP contribution in [0, 0.1) is 0 Å². The average Bonchev–Trinajstić information content (AvgIpc) is 0.722. The molecule has 12 heteroatoms. The Kier molecular flexibility index (Phi) is 182.